The smallest absolute Gasteiger partial charge is 0.169 e. The minimum absolute atomic E-state index is 0. The fraction of sp³-hybridized carbons (Fsp3) is 0.783. The van der Waals surface area contributed by atoms with Crippen LogP contribution in [0.15, 0.2) is 30.6 Å². The van der Waals surface area contributed by atoms with Gasteiger partial charge in [-0.25, -0.2) is 4.57 Å². The van der Waals surface area contributed by atoms with Crippen LogP contribution in [0.4, 0.5) is 0 Å². The molecule has 0 aromatic carbocycles. The SMILES string of the molecule is CCCCCCCCCC(CCCCCCCC)[n+]1ccccc1.Cl.N.[Cl-]. The molecule has 162 valence electrons. The lowest BCUT2D eigenvalue weighted by Crippen LogP contribution is -3.00. The molecule has 0 saturated heterocycles. The second-order valence-electron chi connectivity index (χ2n) is 7.44. The molecule has 4 heteroatoms. The lowest BCUT2D eigenvalue weighted by Gasteiger charge is -2.12. The summed E-state index contributed by atoms with van der Waals surface area (Å²) in [4.78, 5) is 0. The molecule has 0 bridgehead atoms. The van der Waals surface area contributed by atoms with Gasteiger partial charge in [-0.2, -0.15) is 0 Å². The molecule has 0 spiro atoms. The first-order valence-electron chi connectivity index (χ1n) is 10.8. The molecule has 27 heavy (non-hydrogen) atoms. The summed E-state index contributed by atoms with van der Waals surface area (Å²) < 4.78 is 2.46. The topological polar surface area (TPSA) is 38.9 Å². The second-order valence-corrected chi connectivity index (χ2v) is 7.44. The highest BCUT2D eigenvalue weighted by atomic mass is 35.5. The predicted octanol–water partition coefficient (Wildman–Crippen LogP) is 4.99. The van der Waals surface area contributed by atoms with Gasteiger partial charge in [0.15, 0.2) is 18.4 Å². The van der Waals surface area contributed by atoms with Gasteiger partial charge < -0.3 is 18.6 Å². The summed E-state index contributed by atoms with van der Waals surface area (Å²) in [6.45, 7) is 4.59. The Kier molecular flexibility index (Phi) is 27.6. The second kappa shape index (κ2) is 23.7. The van der Waals surface area contributed by atoms with Crippen LogP contribution in [0, 0.1) is 0 Å². The summed E-state index contributed by atoms with van der Waals surface area (Å²) in [7, 11) is 0. The maximum absolute atomic E-state index is 2.46. The Hall–Kier alpha value is -0.310. The third-order valence-corrected chi connectivity index (χ3v) is 5.19. The van der Waals surface area contributed by atoms with E-state index in [0.29, 0.717) is 6.04 Å². The van der Waals surface area contributed by atoms with E-state index >= 15 is 0 Å². The van der Waals surface area contributed by atoms with E-state index in [0.717, 1.165) is 0 Å². The molecule has 1 aromatic heterocycles. The van der Waals surface area contributed by atoms with Gasteiger partial charge in [-0.15, -0.1) is 12.4 Å². The van der Waals surface area contributed by atoms with Gasteiger partial charge in [0.25, 0.3) is 0 Å². The molecule has 0 aliphatic rings. The molecule has 0 amide bonds. The van der Waals surface area contributed by atoms with Crippen molar-refractivity contribution in [3.8, 4) is 0 Å². The largest absolute Gasteiger partial charge is 1.00 e. The van der Waals surface area contributed by atoms with Crippen molar-refractivity contribution in [2.45, 2.75) is 116 Å². The molecule has 1 unspecified atom stereocenters. The molecule has 1 aromatic rings. The summed E-state index contributed by atoms with van der Waals surface area (Å²) in [5, 5.41) is 0. The first-order valence-corrected chi connectivity index (χ1v) is 10.8. The van der Waals surface area contributed by atoms with Crippen molar-refractivity contribution in [2.75, 3.05) is 0 Å². The summed E-state index contributed by atoms with van der Waals surface area (Å²) in [6, 6.07) is 7.21. The van der Waals surface area contributed by atoms with E-state index < -0.39 is 0 Å². The van der Waals surface area contributed by atoms with E-state index in [2.05, 4.69) is 49.0 Å². The number of hydrogen-bond donors (Lipinski definition) is 1. The molecular formula is C23H46Cl2N2. The summed E-state index contributed by atoms with van der Waals surface area (Å²) in [5.41, 5.74) is 0. The van der Waals surface area contributed by atoms with Gasteiger partial charge in [-0.05, 0) is 12.8 Å². The summed E-state index contributed by atoms with van der Waals surface area (Å²) >= 11 is 0. The van der Waals surface area contributed by atoms with Crippen LogP contribution in [0.25, 0.3) is 0 Å². The summed E-state index contributed by atoms with van der Waals surface area (Å²) in [5.74, 6) is 0. The lowest BCUT2D eigenvalue weighted by molar-refractivity contribution is -0.724. The lowest BCUT2D eigenvalue weighted by atomic mass is 9.99. The zero-order valence-corrected chi connectivity index (χ0v) is 19.6. The van der Waals surface area contributed by atoms with Crippen LogP contribution in [0.3, 0.4) is 0 Å². The molecule has 0 fully saturated rings. The van der Waals surface area contributed by atoms with Crippen LogP contribution in [-0.2, 0) is 0 Å². The van der Waals surface area contributed by atoms with Gasteiger partial charge >= 0.3 is 0 Å². The van der Waals surface area contributed by atoms with Crippen molar-refractivity contribution in [3.63, 3.8) is 0 Å². The zero-order valence-electron chi connectivity index (χ0n) is 18.0. The van der Waals surface area contributed by atoms with Crippen LogP contribution in [-0.4, -0.2) is 0 Å². The quantitative estimate of drug-likeness (QED) is 0.296. The molecule has 1 atom stereocenters. The average molecular weight is 422 g/mol. The molecule has 0 saturated carbocycles. The third-order valence-electron chi connectivity index (χ3n) is 5.19. The maximum atomic E-state index is 2.46. The standard InChI is InChI=1S/C23H42N.2ClH.H3N/c1-3-5-7-9-11-13-16-20-23(24-21-17-14-18-22-24)19-15-12-10-8-6-4-2;;;/h14,17-18,21-23H,3-13,15-16,19-20H2,1-2H3;2*1H;1H3/q+1;;;/p-1. The Morgan fingerprint density at radius 3 is 1.37 bits per heavy atom. The fourth-order valence-electron chi connectivity index (χ4n) is 3.60. The van der Waals surface area contributed by atoms with Crippen molar-refractivity contribution in [3.05, 3.63) is 30.6 Å². The fourth-order valence-corrected chi connectivity index (χ4v) is 3.60. The Balaban J connectivity index is -0.00000192. The van der Waals surface area contributed by atoms with Crippen molar-refractivity contribution in [2.24, 2.45) is 0 Å². The van der Waals surface area contributed by atoms with Crippen LogP contribution in [0.5, 0.6) is 0 Å². The first-order chi connectivity index (χ1) is 11.9. The number of hydrogen-bond acceptors (Lipinski definition) is 1. The van der Waals surface area contributed by atoms with Crippen molar-refractivity contribution in [1.29, 1.82) is 0 Å². The van der Waals surface area contributed by atoms with E-state index in [1.807, 2.05) is 0 Å². The number of pyridine rings is 1. The van der Waals surface area contributed by atoms with Crippen molar-refractivity contribution >= 4 is 12.4 Å². The normalized spacial score (nSPS) is 11.0. The first kappa shape index (κ1) is 31.4. The van der Waals surface area contributed by atoms with Gasteiger partial charge in [0.1, 0.15) is 0 Å². The summed E-state index contributed by atoms with van der Waals surface area (Å²) in [6.07, 6.45) is 25.6. The molecule has 2 nitrogen and oxygen atoms in total. The molecule has 0 aliphatic carbocycles. The highest BCUT2D eigenvalue weighted by Crippen LogP contribution is 2.19. The number of nitrogens with zero attached hydrogens (tertiary/aromatic N) is 1. The Bertz CT molecular complexity index is 374. The van der Waals surface area contributed by atoms with Gasteiger partial charge in [0.05, 0.1) is 0 Å². The van der Waals surface area contributed by atoms with Crippen LogP contribution in [0.1, 0.15) is 116 Å². The number of unbranched alkanes of at least 4 members (excludes halogenated alkanes) is 11. The van der Waals surface area contributed by atoms with E-state index in [1.165, 1.54) is 96.3 Å². The van der Waals surface area contributed by atoms with E-state index in [4.69, 9.17) is 0 Å². The van der Waals surface area contributed by atoms with Gasteiger partial charge in [0.2, 0.25) is 0 Å². The maximum Gasteiger partial charge on any atom is 0.169 e. The number of aromatic nitrogens is 1. The molecule has 1 heterocycles. The van der Waals surface area contributed by atoms with E-state index in [1.54, 1.807) is 0 Å². The monoisotopic (exact) mass is 420 g/mol. The van der Waals surface area contributed by atoms with Crippen molar-refractivity contribution < 1.29 is 17.0 Å². The van der Waals surface area contributed by atoms with Gasteiger partial charge in [-0.1, -0.05) is 90.5 Å². The van der Waals surface area contributed by atoms with E-state index in [-0.39, 0.29) is 31.0 Å². The molecular weight excluding hydrogens is 375 g/mol. The number of rotatable bonds is 16. The molecule has 0 radical (unpaired) electrons. The Morgan fingerprint density at radius 1 is 0.593 bits per heavy atom. The van der Waals surface area contributed by atoms with Gasteiger partial charge in [0, 0.05) is 25.0 Å². The minimum atomic E-state index is 0. The van der Waals surface area contributed by atoms with Crippen LogP contribution in [0.2, 0.25) is 0 Å². The van der Waals surface area contributed by atoms with E-state index in [9.17, 15) is 0 Å². The molecule has 0 aliphatic heterocycles. The third kappa shape index (κ3) is 17.5. The molecule has 3 N–H and O–H groups in total. The highest BCUT2D eigenvalue weighted by Gasteiger charge is 2.16. The van der Waals surface area contributed by atoms with Crippen LogP contribution < -0.4 is 23.1 Å². The Morgan fingerprint density at radius 2 is 0.963 bits per heavy atom. The predicted molar refractivity (Wildman–Crippen MR) is 119 cm³/mol. The minimum Gasteiger partial charge on any atom is -1.00 e. The number of halogens is 2. The molecule has 1 rings (SSSR count). The zero-order chi connectivity index (χ0) is 17.3. The van der Waals surface area contributed by atoms with Crippen molar-refractivity contribution in [1.82, 2.24) is 6.15 Å². The van der Waals surface area contributed by atoms with Crippen LogP contribution >= 0.6 is 12.4 Å². The Labute approximate surface area is 182 Å². The highest BCUT2D eigenvalue weighted by molar-refractivity contribution is 5.85. The van der Waals surface area contributed by atoms with Gasteiger partial charge in [-0.3, -0.25) is 0 Å². The average Bonchev–Trinajstić information content (AvgIpc) is 2.62.